The summed E-state index contributed by atoms with van der Waals surface area (Å²) in [4.78, 5) is 14.8. The third-order valence-corrected chi connectivity index (χ3v) is 7.15. The molecule has 0 atom stereocenters. The Morgan fingerprint density at radius 2 is 1.85 bits per heavy atom. The summed E-state index contributed by atoms with van der Waals surface area (Å²) >= 11 is 6.29. The molecule has 2 aliphatic rings. The van der Waals surface area contributed by atoms with E-state index in [0.29, 0.717) is 35.8 Å². The normalized spacial score (nSPS) is 18.7. The van der Waals surface area contributed by atoms with Crippen molar-refractivity contribution in [1.29, 1.82) is 0 Å². The highest BCUT2D eigenvalue weighted by atomic mass is 35.5. The Morgan fingerprint density at radius 3 is 2.65 bits per heavy atom. The maximum Gasteiger partial charge on any atom is 0.259 e. The van der Waals surface area contributed by atoms with Crippen molar-refractivity contribution in [2.24, 2.45) is 0 Å². The number of rotatable bonds is 2. The third-order valence-electron chi connectivity index (χ3n) is 4.95. The molecule has 26 heavy (non-hydrogen) atoms. The standard InChI is InChI=1S/C19H19ClN2O3S/c20-17-8-7-15(22-10-3-4-12-26(22,24)25)13-16(17)19(23)21-11-9-14-5-1-2-6-18(14)21/h1-2,5-8,13H,3-4,9-12H2. The summed E-state index contributed by atoms with van der Waals surface area (Å²) in [6.07, 6.45) is 2.28. The van der Waals surface area contributed by atoms with Gasteiger partial charge in [0.15, 0.2) is 0 Å². The van der Waals surface area contributed by atoms with Gasteiger partial charge in [0.1, 0.15) is 0 Å². The average molecular weight is 391 g/mol. The van der Waals surface area contributed by atoms with Gasteiger partial charge in [-0.3, -0.25) is 9.10 Å². The lowest BCUT2D eigenvalue weighted by Crippen LogP contribution is -2.38. The van der Waals surface area contributed by atoms with Gasteiger partial charge in [-0.25, -0.2) is 8.42 Å². The van der Waals surface area contributed by atoms with Crippen molar-refractivity contribution in [2.45, 2.75) is 19.3 Å². The first-order valence-electron chi connectivity index (χ1n) is 8.67. The van der Waals surface area contributed by atoms with Crippen molar-refractivity contribution in [3.63, 3.8) is 0 Å². The smallest absolute Gasteiger partial charge is 0.259 e. The molecular weight excluding hydrogens is 372 g/mol. The molecule has 2 aromatic carbocycles. The van der Waals surface area contributed by atoms with Gasteiger partial charge in [-0.15, -0.1) is 0 Å². The fourth-order valence-corrected chi connectivity index (χ4v) is 5.44. The maximum atomic E-state index is 13.1. The SMILES string of the molecule is O=C(c1cc(N2CCCCS2(=O)=O)ccc1Cl)N1CCc2ccccc21. The van der Waals surface area contributed by atoms with Crippen LogP contribution in [0.1, 0.15) is 28.8 Å². The zero-order valence-electron chi connectivity index (χ0n) is 14.2. The molecule has 2 heterocycles. The molecule has 1 amide bonds. The number of para-hydroxylation sites is 1. The van der Waals surface area contributed by atoms with Gasteiger partial charge in [0.05, 0.1) is 22.0 Å². The summed E-state index contributed by atoms with van der Waals surface area (Å²) in [5.41, 5.74) is 2.86. The highest BCUT2D eigenvalue weighted by Crippen LogP contribution is 2.33. The summed E-state index contributed by atoms with van der Waals surface area (Å²) in [5, 5.41) is 0.331. The molecule has 0 bridgehead atoms. The summed E-state index contributed by atoms with van der Waals surface area (Å²) in [5.74, 6) is -0.0606. The van der Waals surface area contributed by atoms with Crippen LogP contribution in [0.2, 0.25) is 5.02 Å². The maximum absolute atomic E-state index is 13.1. The number of nitrogens with zero attached hydrogens (tertiary/aromatic N) is 2. The summed E-state index contributed by atoms with van der Waals surface area (Å²) in [6, 6.07) is 12.7. The molecule has 1 saturated heterocycles. The number of sulfonamides is 1. The minimum atomic E-state index is -3.33. The zero-order chi connectivity index (χ0) is 18.3. The Kier molecular flexibility index (Phi) is 4.40. The molecular formula is C19H19ClN2O3S. The van der Waals surface area contributed by atoms with Gasteiger partial charge in [-0.1, -0.05) is 29.8 Å². The average Bonchev–Trinajstić information content (AvgIpc) is 3.06. The predicted octanol–water partition coefficient (Wildman–Crippen LogP) is 3.47. The number of anilines is 2. The lowest BCUT2D eigenvalue weighted by molar-refractivity contribution is 0.0989. The van der Waals surface area contributed by atoms with Crippen molar-refractivity contribution in [2.75, 3.05) is 28.0 Å². The first-order valence-corrected chi connectivity index (χ1v) is 10.7. The molecule has 5 nitrogen and oxygen atoms in total. The molecule has 7 heteroatoms. The second-order valence-corrected chi connectivity index (χ2v) is 9.01. The minimum Gasteiger partial charge on any atom is -0.308 e. The number of hydrogen-bond acceptors (Lipinski definition) is 3. The van der Waals surface area contributed by atoms with Crippen LogP contribution in [0.15, 0.2) is 42.5 Å². The number of amides is 1. The molecule has 0 unspecified atom stereocenters. The molecule has 4 rings (SSSR count). The first-order chi connectivity index (χ1) is 12.5. The van der Waals surface area contributed by atoms with Crippen LogP contribution in [0.5, 0.6) is 0 Å². The van der Waals surface area contributed by atoms with Crippen molar-refractivity contribution >= 4 is 38.9 Å². The van der Waals surface area contributed by atoms with E-state index in [1.165, 1.54) is 4.31 Å². The minimum absolute atomic E-state index is 0.137. The van der Waals surface area contributed by atoms with E-state index in [-0.39, 0.29) is 11.7 Å². The highest BCUT2D eigenvalue weighted by molar-refractivity contribution is 7.92. The van der Waals surface area contributed by atoms with Crippen molar-refractivity contribution in [3.8, 4) is 0 Å². The molecule has 2 aliphatic heterocycles. The predicted molar refractivity (Wildman–Crippen MR) is 104 cm³/mol. The Hall–Kier alpha value is -2.05. The van der Waals surface area contributed by atoms with Gasteiger partial charge >= 0.3 is 0 Å². The fraction of sp³-hybridized carbons (Fsp3) is 0.316. The van der Waals surface area contributed by atoms with Crippen LogP contribution < -0.4 is 9.21 Å². The summed E-state index contributed by atoms with van der Waals surface area (Å²) < 4.78 is 26.1. The van der Waals surface area contributed by atoms with Crippen molar-refractivity contribution in [3.05, 3.63) is 58.6 Å². The number of benzene rings is 2. The van der Waals surface area contributed by atoms with Gasteiger partial charge in [0, 0.05) is 18.8 Å². The van der Waals surface area contributed by atoms with E-state index in [0.717, 1.165) is 24.1 Å². The van der Waals surface area contributed by atoms with E-state index in [1.54, 1.807) is 23.1 Å². The lowest BCUT2D eigenvalue weighted by Gasteiger charge is -2.29. The number of halogens is 1. The van der Waals surface area contributed by atoms with Crippen LogP contribution in [0.25, 0.3) is 0 Å². The molecule has 0 spiro atoms. The molecule has 0 aromatic heterocycles. The van der Waals surface area contributed by atoms with Gasteiger partial charge in [-0.05, 0) is 49.1 Å². The number of carbonyl (C=O) groups is 1. The Morgan fingerprint density at radius 1 is 1.04 bits per heavy atom. The van der Waals surface area contributed by atoms with E-state index < -0.39 is 10.0 Å². The van der Waals surface area contributed by atoms with E-state index in [9.17, 15) is 13.2 Å². The molecule has 0 N–H and O–H groups in total. The van der Waals surface area contributed by atoms with E-state index in [1.807, 2.05) is 24.3 Å². The van der Waals surface area contributed by atoms with Crippen LogP contribution in [0, 0.1) is 0 Å². The van der Waals surface area contributed by atoms with E-state index in [4.69, 9.17) is 11.6 Å². The topological polar surface area (TPSA) is 57.7 Å². The first kappa shape index (κ1) is 17.4. The Labute approximate surface area is 158 Å². The lowest BCUT2D eigenvalue weighted by atomic mass is 10.1. The van der Waals surface area contributed by atoms with Crippen LogP contribution in [0.4, 0.5) is 11.4 Å². The summed E-state index contributed by atoms with van der Waals surface area (Å²) in [7, 11) is -3.33. The monoisotopic (exact) mass is 390 g/mol. The molecule has 2 aromatic rings. The molecule has 1 fully saturated rings. The number of hydrogen-bond donors (Lipinski definition) is 0. The molecule has 136 valence electrons. The van der Waals surface area contributed by atoms with Crippen molar-refractivity contribution < 1.29 is 13.2 Å². The van der Waals surface area contributed by atoms with Crippen LogP contribution in [-0.2, 0) is 16.4 Å². The van der Waals surface area contributed by atoms with E-state index >= 15 is 0 Å². The van der Waals surface area contributed by atoms with Gasteiger partial charge in [-0.2, -0.15) is 0 Å². The van der Waals surface area contributed by atoms with Crippen LogP contribution >= 0.6 is 11.6 Å². The second kappa shape index (κ2) is 6.59. The number of carbonyl (C=O) groups excluding carboxylic acids is 1. The highest BCUT2D eigenvalue weighted by Gasteiger charge is 2.29. The van der Waals surface area contributed by atoms with E-state index in [2.05, 4.69) is 0 Å². The molecule has 0 radical (unpaired) electrons. The zero-order valence-corrected chi connectivity index (χ0v) is 15.8. The fourth-order valence-electron chi connectivity index (χ4n) is 3.61. The molecule has 0 aliphatic carbocycles. The van der Waals surface area contributed by atoms with Crippen LogP contribution in [-0.4, -0.2) is 33.2 Å². The second-order valence-electron chi connectivity index (χ2n) is 6.59. The Balaban J connectivity index is 1.70. The quantitative estimate of drug-likeness (QED) is 0.788. The molecule has 0 saturated carbocycles. The largest absolute Gasteiger partial charge is 0.308 e. The van der Waals surface area contributed by atoms with Gasteiger partial charge < -0.3 is 4.90 Å². The van der Waals surface area contributed by atoms with Gasteiger partial charge in [0.2, 0.25) is 10.0 Å². The Bertz CT molecular complexity index is 974. The van der Waals surface area contributed by atoms with Crippen molar-refractivity contribution in [1.82, 2.24) is 0 Å². The third kappa shape index (κ3) is 2.97. The summed E-state index contributed by atoms with van der Waals surface area (Å²) in [6.45, 7) is 1.03. The number of fused-ring (bicyclic) bond motifs is 1. The van der Waals surface area contributed by atoms with Gasteiger partial charge in [0.25, 0.3) is 5.91 Å². The van der Waals surface area contributed by atoms with Crippen LogP contribution in [0.3, 0.4) is 0 Å².